The molecule has 1 fully saturated rings. The summed E-state index contributed by atoms with van der Waals surface area (Å²) in [7, 11) is -5.42. The van der Waals surface area contributed by atoms with Crippen LogP contribution in [-0.4, -0.2) is 61.4 Å². The minimum Gasteiger partial charge on any atom is -0.470 e. The molecule has 1 amide bonds. The fraction of sp³-hybridized carbons (Fsp3) is 0.704. The standard InChI is InChI=1S/C27H45N5O5Si2/c1-16(2)38(17(3)4)34-13-21-20(36-39(37-38,18(5)6)19(7)8)12-22(35-21)32-15-30-23-24(28-14-29-25(23)32)31-26(33)27(9,10)11/h12,14-21H,13H2,1-11H3,(H,28,29,31,33)/t20-,21+/m0/s1. The van der Waals surface area contributed by atoms with Gasteiger partial charge in [0, 0.05) is 11.5 Å². The maximum absolute atomic E-state index is 12.6. The van der Waals surface area contributed by atoms with E-state index in [0.717, 1.165) is 0 Å². The number of carbonyl (C=O) groups excluding carboxylic acids is 1. The quantitative estimate of drug-likeness (QED) is 0.420. The van der Waals surface area contributed by atoms with Crippen molar-refractivity contribution in [2.75, 3.05) is 11.9 Å². The third kappa shape index (κ3) is 5.33. The number of fused-ring (bicyclic) bond motifs is 2. The lowest BCUT2D eigenvalue weighted by molar-refractivity contribution is -0.123. The normalized spacial score (nSPS) is 23.1. The number of aromatic nitrogens is 4. The largest absolute Gasteiger partial charge is 0.470 e. The van der Waals surface area contributed by atoms with Crippen molar-refractivity contribution in [2.24, 2.45) is 5.41 Å². The first-order valence-electron chi connectivity index (χ1n) is 14.0. The average molecular weight is 576 g/mol. The van der Waals surface area contributed by atoms with Crippen LogP contribution in [0.25, 0.3) is 17.0 Å². The topological polar surface area (TPSA) is 110 Å². The Morgan fingerprint density at radius 3 is 2.15 bits per heavy atom. The summed E-state index contributed by atoms with van der Waals surface area (Å²) in [6, 6.07) is 0. The van der Waals surface area contributed by atoms with E-state index < -0.39 is 22.5 Å². The number of carbonyl (C=O) groups is 1. The van der Waals surface area contributed by atoms with E-state index in [1.165, 1.54) is 6.33 Å². The summed E-state index contributed by atoms with van der Waals surface area (Å²) < 4.78 is 29.5. The molecule has 39 heavy (non-hydrogen) atoms. The first-order chi connectivity index (χ1) is 18.1. The van der Waals surface area contributed by atoms with Crippen molar-refractivity contribution in [2.45, 2.75) is 111 Å². The maximum Gasteiger partial charge on any atom is 0.335 e. The summed E-state index contributed by atoms with van der Waals surface area (Å²) in [6.45, 7) is 23.6. The van der Waals surface area contributed by atoms with E-state index in [-0.39, 0.29) is 40.3 Å². The van der Waals surface area contributed by atoms with Gasteiger partial charge in [-0.1, -0.05) is 76.2 Å². The van der Waals surface area contributed by atoms with Crippen LogP contribution in [0.5, 0.6) is 0 Å². The van der Waals surface area contributed by atoms with Gasteiger partial charge in [0.2, 0.25) is 5.91 Å². The molecule has 0 saturated carbocycles. The van der Waals surface area contributed by atoms with E-state index in [9.17, 15) is 4.79 Å². The molecule has 2 aromatic heterocycles. The second-order valence-corrected chi connectivity index (χ2v) is 21.8. The summed E-state index contributed by atoms with van der Waals surface area (Å²) >= 11 is 0. The highest BCUT2D eigenvalue weighted by Gasteiger charge is 2.59. The number of anilines is 1. The van der Waals surface area contributed by atoms with E-state index in [1.54, 1.807) is 10.9 Å². The Hall–Kier alpha value is -2.13. The van der Waals surface area contributed by atoms with Crippen LogP contribution in [0, 0.1) is 5.41 Å². The minimum atomic E-state index is -2.77. The van der Waals surface area contributed by atoms with E-state index in [1.807, 2.05) is 26.8 Å². The van der Waals surface area contributed by atoms with E-state index in [2.05, 4.69) is 75.7 Å². The number of hydrogen-bond acceptors (Lipinski definition) is 8. The van der Waals surface area contributed by atoms with Crippen molar-refractivity contribution < 1.29 is 22.5 Å². The highest BCUT2D eigenvalue weighted by Crippen LogP contribution is 2.47. The smallest absolute Gasteiger partial charge is 0.335 e. The summed E-state index contributed by atoms with van der Waals surface area (Å²) in [5.74, 6) is 0.789. The molecule has 2 aliphatic heterocycles. The molecule has 0 aliphatic carbocycles. The highest BCUT2D eigenvalue weighted by atomic mass is 28.5. The molecule has 216 valence electrons. The third-order valence-corrected chi connectivity index (χ3v) is 18.0. The Bertz CT molecular complexity index is 1220. The first-order valence-corrected chi connectivity index (χ1v) is 18.0. The number of imidazole rings is 1. The number of nitrogens with zero attached hydrogens (tertiary/aromatic N) is 4. The molecule has 2 atom stereocenters. The highest BCUT2D eigenvalue weighted by molar-refractivity contribution is 6.84. The maximum atomic E-state index is 12.6. The van der Waals surface area contributed by atoms with Crippen molar-refractivity contribution in [3.63, 3.8) is 0 Å². The molecule has 0 radical (unpaired) electrons. The SMILES string of the molecule is CC(C)[Si]1(C(C)C)OC[C@H]2OC(n3cnc4c(NC(=O)C(C)(C)C)ncnc43)=C[C@@H]2O[Si](C(C)C)(C(C)C)O1. The summed E-state index contributed by atoms with van der Waals surface area (Å²) in [6.07, 6.45) is 4.40. The number of ether oxygens (including phenoxy) is 1. The van der Waals surface area contributed by atoms with Gasteiger partial charge in [-0.2, -0.15) is 0 Å². The van der Waals surface area contributed by atoms with E-state index >= 15 is 0 Å². The molecule has 2 aliphatic rings. The summed E-state index contributed by atoms with van der Waals surface area (Å²) in [5, 5.41) is 2.88. The lowest BCUT2D eigenvalue weighted by atomic mass is 9.96. The van der Waals surface area contributed by atoms with Crippen LogP contribution in [0.4, 0.5) is 5.82 Å². The molecule has 12 heteroatoms. The van der Waals surface area contributed by atoms with Gasteiger partial charge in [0.1, 0.15) is 18.8 Å². The average Bonchev–Trinajstić information content (AvgIpc) is 3.42. The van der Waals surface area contributed by atoms with E-state index in [0.29, 0.717) is 29.5 Å². The predicted octanol–water partition coefficient (Wildman–Crippen LogP) is 5.96. The molecule has 4 heterocycles. The second kappa shape index (κ2) is 10.7. The van der Waals surface area contributed by atoms with Crippen LogP contribution in [-0.2, 0) is 22.5 Å². The van der Waals surface area contributed by atoms with Crippen molar-refractivity contribution in [1.82, 2.24) is 19.5 Å². The Balaban J connectivity index is 1.73. The van der Waals surface area contributed by atoms with Crippen LogP contribution < -0.4 is 5.32 Å². The third-order valence-electron chi connectivity index (χ3n) is 7.76. The minimum absolute atomic E-state index is 0.149. The zero-order chi connectivity index (χ0) is 28.9. The van der Waals surface area contributed by atoms with Gasteiger partial charge in [-0.05, 0) is 22.2 Å². The molecule has 0 bridgehead atoms. The Kier molecular flexibility index (Phi) is 8.18. The van der Waals surface area contributed by atoms with Crippen LogP contribution in [0.15, 0.2) is 18.7 Å². The van der Waals surface area contributed by atoms with Crippen molar-refractivity contribution in [3.8, 4) is 0 Å². The molecule has 2 aromatic rings. The van der Waals surface area contributed by atoms with Gasteiger partial charge in [0.15, 0.2) is 29.0 Å². The second-order valence-electron chi connectivity index (χ2n) is 12.9. The summed E-state index contributed by atoms with van der Waals surface area (Å²) in [5.41, 5.74) is 1.41. The monoisotopic (exact) mass is 575 g/mol. The van der Waals surface area contributed by atoms with Gasteiger partial charge in [0.25, 0.3) is 0 Å². The molecule has 0 aromatic carbocycles. The fourth-order valence-electron chi connectivity index (χ4n) is 5.41. The number of hydrogen-bond donors (Lipinski definition) is 1. The van der Waals surface area contributed by atoms with Crippen LogP contribution in [0.2, 0.25) is 22.2 Å². The van der Waals surface area contributed by atoms with Crippen LogP contribution in [0.1, 0.15) is 76.2 Å². The molecule has 10 nitrogen and oxygen atoms in total. The number of nitrogens with one attached hydrogen (secondary N) is 1. The molecule has 1 N–H and O–H groups in total. The fourth-order valence-corrected chi connectivity index (χ4v) is 16.5. The number of amides is 1. The van der Waals surface area contributed by atoms with Crippen molar-refractivity contribution in [3.05, 3.63) is 18.7 Å². The summed E-state index contributed by atoms with van der Waals surface area (Å²) in [4.78, 5) is 25.9. The van der Waals surface area contributed by atoms with Gasteiger partial charge in [-0.3, -0.25) is 9.36 Å². The van der Waals surface area contributed by atoms with Crippen LogP contribution >= 0.6 is 0 Å². The van der Waals surface area contributed by atoms with Crippen LogP contribution in [0.3, 0.4) is 0 Å². The molecular formula is C27H45N5O5Si2. The first kappa shape index (κ1) is 29.8. The zero-order valence-electron chi connectivity index (χ0n) is 25.2. The molecule has 0 unspecified atom stereocenters. The zero-order valence-corrected chi connectivity index (χ0v) is 27.2. The number of rotatable bonds is 6. The van der Waals surface area contributed by atoms with Crippen molar-refractivity contribution >= 4 is 45.9 Å². The Morgan fingerprint density at radius 2 is 1.59 bits per heavy atom. The molecule has 0 spiro atoms. The van der Waals surface area contributed by atoms with E-state index in [4.69, 9.17) is 17.7 Å². The predicted molar refractivity (Wildman–Crippen MR) is 156 cm³/mol. The van der Waals surface area contributed by atoms with Gasteiger partial charge in [0.05, 0.1) is 6.61 Å². The van der Waals surface area contributed by atoms with Crippen molar-refractivity contribution in [1.29, 1.82) is 0 Å². The van der Waals surface area contributed by atoms with Gasteiger partial charge in [-0.15, -0.1) is 0 Å². The molecular weight excluding hydrogens is 530 g/mol. The lowest BCUT2D eigenvalue weighted by Gasteiger charge is -2.51. The van der Waals surface area contributed by atoms with Gasteiger partial charge in [-0.25, -0.2) is 15.0 Å². The molecule has 4 rings (SSSR count). The van der Waals surface area contributed by atoms with Gasteiger partial charge < -0.3 is 23.0 Å². The Labute approximate surface area is 234 Å². The molecule has 1 saturated heterocycles. The Morgan fingerprint density at radius 1 is 0.974 bits per heavy atom. The van der Waals surface area contributed by atoms with Gasteiger partial charge >= 0.3 is 17.1 Å². The lowest BCUT2D eigenvalue weighted by Crippen LogP contribution is -2.65.